The van der Waals surface area contributed by atoms with Gasteiger partial charge in [-0.05, 0) is 24.3 Å². The fourth-order valence-electron chi connectivity index (χ4n) is 2.72. The van der Waals surface area contributed by atoms with Crippen LogP contribution in [0.5, 0.6) is 0 Å². The number of furan rings is 1. The van der Waals surface area contributed by atoms with Crippen LogP contribution in [0.3, 0.4) is 0 Å². The van der Waals surface area contributed by atoms with Crippen molar-refractivity contribution in [2.45, 2.75) is 6.42 Å². The standard InChI is InChI=1S/C18H22N4O2/c23-18(20-19-15-17-7-4-14-24-17)8-9-21-10-12-22(13-11-21)16-5-2-1-3-6-16/h1-7,14-15H,8-13H2,(H,20,23). The maximum Gasteiger partial charge on any atom is 0.241 e. The molecule has 3 rings (SSSR count). The number of hydrogen-bond donors (Lipinski definition) is 1. The second-order valence-electron chi connectivity index (χ2n) is 5.72. The first-order chi connectivity index (χ1) is 11.8. The lowest BCUT2D eigenvalue weighted by Crippen LogP contribution is -2.47. The summed E-state index contributed by atoms with van der Waals surface area (Å²) in [6.07, 6.45) is 3.51. The molecule has 0 unspecified atom stereocenters. The lowest BCUT2D eigenvalue weighted by atomic mass is 10.2. The molecule has 6 nitrogen and oxygen atoms in total. The molecule has 0 radical (unpaired) electrons. The molecule has 1 aromatic carbocycles. The van der Waals surface area contributed by atoms with Crippen LogP contribution in [-0.2, 0) is 4.79 Å². The van der Waals surface area contributed by atoms with E-state index in [0.717, 1.165) is 32.7 Å². The Hall–Kier alpha value is -2.60. The van der Waals surface area contributed by atoms with Gasteiger partial charge in [-0.15, -0.1) is 0 Å². The van der Waals surface area contributed by atoms with Gasteiger partial charge in [0.25, 0.3) is 0 Å². The molecule has 1 saturated heterocycles. The van der Waals surface area contributed by atoms with Crippen molar-refractivity contribution in [2.75, 3.05) is 37.6 Å². The molecule has 0 saturated carbocycles. The number of nitrogens with one attached hydrogen (secondary N) is 1. The molecule has 1 amide bonds. The van der Waals surface area contributed by atoms with Gasteiger partial charge in [-0.25, -0.2) is 5.43 Å². The van der Waals surface area contributed by atoms with Crippen molar-refractivity contribution in [3.05, 3.63) is 54.5 Å². The summed E-state index contributed by atoms with van der Waals surface area (Å²) >= 11 is 0. The first kappa shape index (κ1) is 16.3. The number of carbonyl (C=O) groups excluding carboxylic acids is 1. The molecular formula is C18H22N4O2. The summed E-state index contributed by atoms with van der Waals surface area (Å²) < 4.78 is 5.10. The van der Waals surface area contributed by atoms with E-state index in [1.807, 2.05) is 6.07 Å². The van der Waals surface area contributed by atoms with Crippen molar-refractivity contribution < 1.29 is 9.21 Å². The van der Waals surface area contributed by atoms with Gasteiger partial charge < -0.3 is 9.32 Å². The van der Waals surface area contributed by atoms with Crippen LogP contribution >= 0.6 is 0 Å². The summed E-state index contributed by atoms with van der Waals surface area (Å²) in [5, 5.41) is 3.88. The normalized spacial score (nSPS) is 15.8. The maximum absolute atomic E-state index is 11.8. The average Bonchev–Trinajstić information content (AvgIpc) is 3.15. The number of hydrazone groups is 1. The van der Waals surface area contributed by atoms with Gasteiger partial charge in [-0.2, -0.15) is 5.10 Å². The van der Waals surface area contributed by atoms with E-state index < -0.39 is 0 Å². The molecule has 1 N–H and O–H groups in total. The highest BCUT2D eigenvalue weighted by Gasteiger charge is 2.17. The number of amides is 1. The van der Waals surface area contributed by atoms with Crippen LogP contribution in [0.1, 0.15) is 12.2 Å². The monoisotopic (exact) mass is 326 g/mol. The van der Waals surface area contributed by atoms with Crippen LogP contribution in [0.15, 0.2) is 58.2 Å². The van der Waals surface area contributed by atoms with Gasteiger partial charge in [-0.3, -0.25) is 9.69 Å². The minimum Gasteiger partial charge on any atom is -0.463 e. The van der Waals surface area contributed by atoms with Gasteiger partial charge in [0.05, 0.1) is 12.5 Å². The molecule has 6 heteroatoms. The fourth-order valence-corrected chi connectivity index (χ4v) is 2.72. The predicted molar refractivity (Wildman–Crippen MR) is 94.2 cm³/mol. The van der Waals surface area contributed by atoms with Crippen LogP contribution < -0.4 is 10.3 Å². The van der Waals surface area contributed by atoms with Gasteiger partial charge >= 0.3 is 0 Å². The van der Waals surface area contributed by atoms with E-state index in [2.05, 4.69) is 44.6 Å². The first-order valence-electron chi connectivity index (χ1n) is 8.19. The first-order valence-corrected chi connectivity index (χ1v) is 8.19. The minimum absolute atomic E-state index is 0.0803. The molecule has 0 spiro atoms. The van der Waals surface area contributed by atoms with Gasteiger partial charge in [0.2, 0.25) is 5.91 Å². The number of benzene rings is 1. The van der Waals surface area contributed by atoms with Crippen LogP contribution in [0, 0.1) is 0 Å². The van der Waals surface area contributed by atoms with E-state index in [1.54, 1.807) is 18.4 Å². The molecule has 126 valence electrons. The smallest absolute Gasteiger partial charge is 0.241 e. The molecule has 0 bridgehead atoms. The molecule has 24 heavy (non-hydrogen) atoms. The lowest BCUT2D eigenvalue weighted by Gasteiger charge is -2.36. The Bertz CT molecular complexity index is 647. The second-order valence-corrected chi connectivity index (χ2v) is 5.72. The molecule has 1 aromatic heterocycles. The van der Waals surface area contributed by atoms with Crippen molar-refractivity contribution in [3.8, 4) is 0 Å². The van der Waals surface area contributed by atoms with Crippen LogP contribution in [0.25, 0.3) is 0 Å². The Kier molecular flexibility index (Phi) is 5.63. The zero-order valence-electron chi connectivity index (χ0n) is 13.6. The number of hydrogen-bond acceptors (Lipinski definition) is 5. The fraction of sp³-hybridized carbons (Fsp3) is 0.333. The van der Waals surface area contributed by atoms with Crippen molar-refractivity contribution in [1.82, 2.24) is 10.3 Å². The quantitative estimate of drug-likeness (QED) is 0.651. The highest BCUT2D eigenvalue weighted by Crippen LogP contribution is 2.15. The molecule has 1 fully saturated rings. The largest absolute Gasteiger partial charge is 0.463 e. The van der Waals surface area contributed by atoms with E-state index in [1.165, 1.54) is 11.9 Å². The molecule has 2 heterocycles. The highest BCUT2D eigenvalue weighted by atomic mass is 16.3. The lowest BCUT2D eigenvalue weighted by molar-refractivity contribution is -0.121. The molecule has 1 aliphatic rings. The zero-order chi connectivity index (χ0) is 16.6. The number of rotatable bonds is 6. The van der Waals surface area contributed by atoms with Crippen LogP contribution in [0.2, 0.25) is 0 Å². The number of piperazine rings is 1. The summed E-state index contributed by atoms with van der Waals surface area (Å²) in [5.74, 6) is 0.538. The van der Waals surface area contributed by atoms with E-state index in [4.69, 9.17) is 4.42 Å². The maximum atomic E-state index is 11.8. The number of anilines is 1. The Balaban J connectivity index is 1.35. The van der Waals surface area contributed by atoms with Crippen LogP contribution in [-0.4, -0.2) is 49.7 Å². The zero-order valence-corrected chi connectivity index (χ0v) is 13.6. The predicted octanol–water partition coefficient (Wildman–Crippen LogP) is 1.94. The van der Waals surface area contributed by atoms with Crippen molar-refractivity contribution >= 4 is 17.8 Å². The summed E-state index contributed by atoms with van der Waals surface area (Å²) in [6, 6.07) is 14.0. The van der Waals surface area contributed by atoms with Crippen molar-refractivity contribution in [2.24, 2.45) is 5.10 Å². The third kappa shape index (κ3) is 4.70. The summed E-state index contributed by atoms with van der Waals surface area (Å²) in [4.78, 5) is 16.5. The Morgan fingerprint density at radius 3 is 2.62 bits per heavy atom. The van der Waals surface area contributed by atoms with Crippen molar-refractivity contribution in [1.29, 1.82) is 0 Å². The van der Waals surface area contributed by atoms with Gasteiger partial charge in [0.15, 0.2) is 0 Å². The Morgan fingerprint density at radius 1 is 1.12 bits per heavy atom. The number of carbonyl (C=O) groups is 1. The third-order valence-electron chi connectivity index (χ3n) is 4.07. The SMILES string of the molecule is O=C(CCN1CCN(c2ccccc2)CC1)NN=Cc1ccco1. The minimum atomic E-state index is -0.0803. The molecular weight excluding hydrogens is 304 g/mol. The molecule has 0 aliphatic carbocycles. The Morgan fingerprint density at radius 2 is 1.92 bits per heavy atom. The van der Waals surface area contributed by atoms with E-state index >= 15 is 0 Å². The topological polar surface area (TPSA) is 61.1 Å². The van der Waals surface area contributed by atoms with Gasteiger partial charge in [0.1, 0.15) is 5.76 Å². The third-order valence-corrected chi connectivity index (χ3v) is 4.07. The average molecular weight is 326 g/mol. The summed E-state index contributed by atoms with van der Waals surface area (Å²) in [6.45, 7) is 4.67. The molecule has 1 aliphatic heterocycles. The number of nitrogens with zero attached hydrogens (tertiary/aromatic N) is 3. The number of para-hydroxylation sites is 1. The summed E-state index contributed by atoms with van der Waals surface area (Å²) in [7, 11) is 0. The second kappa shape index (κ2) is 8.31. The Labute approximate surface area is 141 Å². The molecule has 0 atom stereocenters. The van der Waals surface area contributed by atoms with E-state index in [-0.39, 0.29) is 5.91 Å². The van der Waals surface area contributed by atoms with Crippen LogP contribution in [0.4, 0.5) is 5.69 Å². The van der Waals surface area contributed by atoms with Crippen molar-refractivity contribution in [3.63, 3.8) is 0 Å². The van der Waals surface area contributed by atoms with Gasteiger partial charge in [0, 0.05) is 44.8 Å². The molecule has 2 aromatic rings. The van der Waals surface area contributed by atoms with E-state index in [0.29, 0.717) is 12.2 Å². The summed E-state index contributed by atoms with van der Waals surface area (Å²) in [5.41, 5.74) is 3.79. The highest BCUT2D eigenvalue weighted by molar-refractivity contribution is 5.80. The van der Waals surface area contributed by atoms with Gasteiger partial charge in [-0.1, -0.05) is 18.2 Å². The van der Waals surface area contributed by atoms with E-state index in [9.17, 15) is 4.79 Å².